The molecule has 1 aromatic carbocycles. The van der Waals surface area contributed by atoms with E-state index in [1.165, 1.54) is 32.1 Å². The zero-order valence-electron chi connectivity index (χ0n) is 23.5. The number of aryl methyl sites for hydroxylation is 1. The molecule has 1 saturated carbocycles. The Kier molecular flexibility index (Phi) is 8.69. The van der Waals surface area contributed by atoms with E-state index in [-0.39, 0.29) is 11.7 Å². The third kappa shape index (κ3) is 5.89. The van der Waals surface area contributed by atoms with Crippen molar-refractivity contribution < 1.29 is 0 Å². The molecule has 4 aromatic rings. The minimum Gasteiger partial charge on any atom is -0.295 e. The van der Waals surface area contributed by atoms with Crippen LogP contribution in [0.1, 0.15) is 89.4 Å². The summed E-state index contributed by atoms with van der Waals surface area (Å²) in [6.45, 7) is 7.36. The van der Waals surface area contributed by atoms with E-state index in [0.29, 0.717) is 24.2 Å². The number of H-pyrrole nitrogens is 1. The van der Waals surface area contributed by atoms with Gasteiger partial charge in [-0.05, 0) is 65.5 Å². The van der Waals surface area contributed by atoms with Crippen molar-refractivity contribution in [3.63, 3.8) is 0 Å². The Morgan fingerprint density at radius 2 is 1.82 bits per heavy atom. The van der Waals surface area contributed by atoms with Gasteiger partial charge < -0.3 is 0 Å². The molecule has 1 fully saturated rings. The van der Waals surface area contributed by atoms with Gasteiger partial charge >= 0.3 is 5.69 Å². The van der Waals surface area contributed by atoms with Gasteiger partial charge in [0.05, 0.1) is 6.54 Å². The Hall–Kier alpha value is -3.55. The highest BCUT2D eigenvalue weighted by molar-refractivity contribution is 5.69. The maximum absolute atomic E-state index is 14.2. The lowest BCUT2D eigenvalue weighted by atomic mass is 9.79. The standard InChI is InChI=1S/C31H41N7O/c1-4-6-12-27-21-38(29-22(3)10-8-7-9-11-23(29)5-2)31(39)37(27)20-26-19-32-18-17-28(26)24-13-15-25(16-14-24)30-33-35-36-34-30/h13-19,21-23,29H,4-12,20H2,1-3H3,(H,33,34,35,36). The van der Waals surface area contributed by atoms with Crippen LogP contribution in [-0.4, -0.2) is 34.7 Å². The van der Waals surface area contributed by atoms with E-state index in [2.05, 4.69) is 69.3 Å². The van der Waals surface area contributed by atoms with Crippen molar-refractivity contribution in [1.82, 2.24) is 34.7 Å². The first-order valence-electron chi connectivity index (χ1n) is 14.7. The molecular formula is C31H41N7O. The van der Waals surface area contributed by atoms with Gasteiger partial charge in [-0.2, -0.15) is 5.21 Å². The molecule has 39 heavy (non-hydrogen) atoms. The van der Waals surface area contributed by atoms with E-state index in [1.807, 2.05) is 35.2 Å². The molecule has 0 bridgehead atoms. The minimum absolute atomic E-state index is 0.124. The lowest BCUT2D eigenvalue weighted by molar-refractivity contribution is 0.187. The molecule has 1 N–H and O–H groups in total. The number of nitrogens with one attached hydrogen (secondary N) is 1. The summed E-state index contributed by atoms with van der Waals surface area (Å²) < 4.78 is 4.13. The number of rotatable bonds is 9. The first kappa shape index (κ1) is 27.0. The molecule has 0 saturated heterocycles. The molecule has 1 aliphatic rings. The number of benzene rings is 1. The smallest absolute Gasteiger partial charge is 0.295 e. The number of hydrogen-bond acceptors (Lipinski definition) is 5. The fourth-order valence-corrected chi connectivity index (χ4v) is 6.38. The van der Waals surface area contributed by atoms with Crippen LogP contribution in [0.3, 0.4) is 0 Å². The molecule has 5 rings (SSSR count). The topological polar surface area (TPSA) is 94.3 Å². The van der Waals surface area contributed by atoms with Gasteiger partial charge in [0.15, 0.2) is 0 Å². The maximum atomic E-state index is 14.2. The number of hydrogen-bond donors (Lipinski definition) is 1. The van der Waals surface area contributed by atoms with Crippen molar-refractivity contribution in [3.05, 3.63) is 70.7 Å². The molecule has 3 atom stereocenters. The molecule has 0 spiro atoms. The second-order valence-corrected chi connectivity index (χ2v) is 11.1. The summed E-state index contributed by atoms with van der Waals surface area (Å²) in [4.78, 5) is 18.6. The molecule has 1 aliphatic carbocycles. The summed E-state index contributed by atoms with van der Waals surface area (Å²) in [5.41, 5.74) is 5.35. The van der Waals surface area contributed by atoms with Crippen molar-refractivity contribution in [1.29, 1.82) is 0 Å². The average molecular weight is 528 g/mol. The Balaban J connectivity index is 1.51. The van der Waals surface area contributed by atoms with Crippen LogP contribution >= 0.6 is 0 Å². The van der Waals surface area contributed by atoms with Crippen molar-refractivity contribution in [2.24, 2.45) is 11.8 Å². The van der Waals surface area contributed by atoms with E-state index in [4.69, 9.17) is 0 Å². The Bertz CT molecular complexity index is 1390. The molecule has 206 valence electrons. The first-order chi connectivity index (χ1) is 19.1. The van der Waals surface area contributed by atoms with Crippen LogP contribution < -0.4 is 5.69 Å². The number of aromatic amines is 1. The Morgan fingerprint density at radius 1 is 1.03 bits per heavy atom. The monoisotopic (exact) mass is 527 g/mol. The predicted octanol–water partition coefficient (Wildman–Crippen LogP) is 6.45. The van der Waals surface area contributed by atoms with Gasteiger partial charge in [-0.15, -0.1) is 10.2 Å². The number of tetrazole rings is 1. The van der Waals surface area contributed by atoms with Gasteiger partial charge in [-0.1, -0.05) is 77.1 Å². The van der Waals surface area contributed by atoms with Crippen LogP contribution in [0, 0.1) is 11.8 Å². The van der Waals surface area contributed by atoms with Crippen molar-refractivity contribution >= 4 is 0 Å². The van der Waals surface area contributed by atoms with Crippen molar-refractivity contribution in [2.75, 3.05) is 0 Å². The van der Waals surface area contributed by atoms with Crippen LogP contribution in [-0.2, 0) is 13.0 Å². The van der Waals surface area contributed by atoms with E-state index in [1.54, 1.807) is 0 Å². The summed E-state index contributed by atoms with van der Waals surface area (Å²) in [7, 11) is 0. The van der Waals surface area contributed by atoms with Crippen molar-refractivity contribution in [2.45, 2.75) is 91.1 Å². The summed E-state index contributed by atoms with van der Waals surface area (Å²) >= 11 is 0. The summed E-state index contributed by atoms with van der Waals surface area (Å²) in [5, 5.41) is 14.3. The van der Waals surface area contributed by atoms with Crippen LogP contribution in [0.2, 0.25) is 0 Å². The second-order valence-electron chi connectivity index (χ2n) is 11.1. The van der Waals surface area contributed by atoms with Crippen LogP contribution in [0.4, 0.5) is 0 Å². The van der Waals surface area contributed by atoms with Gasteiger partial charge in [0.1, 0.15) is 0 Å². The summed E-state index contributed by atoms with van der Waals surface area (Å²) in [6.07, 6.45) is 16.3. The number of pyridine rings is 1. The highest BCUT2D eigenvalue weighted by Gasteiger charge is 2.31. The highest BCUT2D eigenvalue weighted by atomic mass is 16.1. The number of imidazole rings is 1. The van der Waals surface area contributed by atoms with Crippen LogP contribution in [0.15, 0.2) is 53.7 Å². The lowest BCUT2D eigenvalue weighted by Gasteiger charge is -2.34. The summed E-state index contributed by atoms with van der Waals surface area (Å²) in [5.74, 6) is 1.60. The van der Waals surface area contributed by atoms with E-state index < -0.39 is 0 Å². The molecule has 8 heteroatoms. The van der Waals surface area contributed by atoms with Gasteiger partial charge in [0.25, 0.3) is 0 Å². The Morgan fingerprint density at radius 3 is 2.56 bits per heavy atom. The second kappa shape index (κ2) is 12.5. The molecule has 0 amide bonds. The zero-order chi connectivity index (χ0) is 27.2. The summed E-state index contributed by atoms with van der Waals surface area (Å²) in [6, 6.07) is 10.4. The highest BCUT2D eigenvalue weighted by Crippen LogP contribution is 2.37. The van der Waals surface area contributed by atoms with Gasteiger partial charge in [-0.3, -0.25) is 14.1 Å². The third-order valence-corrected chi connectivity index (χ3v) is 8.55. The average Bonchev–Trinajstić information content (AvgIpc) is 3.59. The van der Waals surface area contributed by atoms with Gasteiger partial charge in [-0.25, -0.2) is 4.79 Å². The van der Waals surface area contributed by atoms with Gasteiger partial charge in [0.2, 0.25) is 5.82 Å². The molecule has 8 nitrogen and oxygen atoms in total. The molecule has 0 aliphatic heterocycles. The van der Waals surface area contributed by atoms with E-state index in [9.17, 15) is 4.79 Å². The fourth-order valence-electron chi connectivity index (χ4n) is 6.38. The first-order valence-corrected chi connectivity index (χ1v) is 14.7. The lowest BCUT2D eigenvalue weighted by Crippen LogP contribution is -2.35. The largest absolute Gasteiger partial charge is 0.328 e. The van der Waals surface area contributed by atoms with Crippen LogP contribution in [0.25, 0.3) is 22.5 Å². The normalized spacial score (nSPS) is 20.0. The molecule has 3 unspecified atom stereocenters. The number of aromatic nitrogens is 7. The molecule has 3 aromatic heterocycles. The van der Waals surface area contributed by atoms with E-state index in [0.717, 1.165) is 53.6 Å². The predicted molar refractivity (Wildman–Crippen MR) is 154 cm³/mol. The maximum Gasteiger partial charge on any atom is 0.328 e. The third-order valence-electron chi connectivity index (χ3n) is 8.55. The Labute approximate surface area is 230 Å². The molecular weight excluding hydrogens is 486 g/mol. The fraction of sp³-hybridized carbons (Fsp3) is 0.516. The SMILES string of the molecule is CCCCc1cn(C2C(C)CCCCCC2CC)c(=O)n1Cc1cnccc1-c1ccc(-c2nn[nH]n2)cc1. The number of unbranched alkanes of at least 4 members (excludes halogenated alkanes) is 1. The van der Waals surface area contributed by atoms with E-state index >= 15 is 0 Å². The van der Waals surface area contributed by atoms with Gasteiger partial charge in [0, 0.05) is 35.9 Å². The quantitative estimate of drug-likeness (QED) is 0.270. The minimum atomic E-state index is 0.124. The number of nitrogens with zero attached hydrogens (tertiary/aromatic N) is 6. The van der Waals surface area contributed by atoms with Crippen LogP contribution in [0.5, 0.6) is 0 Å². The molecule has 0 radical (unpaired) electrons. The molecule has 3 heterocycles. The van der Waals surface area contributed by atoms with Crippen molar-refractivity contribution in [3.8, 4) is 22.5 Å². The zero-order valence-corrected chi connectivity index (χ0v) is 23.5.